The summed E-state index contributed by atoms with van der Waals surface area (Å²) in [4.78, 5) is 4.36. The van der Waals surface area contributed by atoms with Crippen molar-refractivity contribution < 1.29 is 13.2 Å². The third-order valence-corrected chi connectivity index (χ3v) is 4.67. The Bertz CT molecular complexity index is 892. The van der Waals surface area contributed by atoms with Gasteiger partial charge in [0.1, 0.15) is 0 Å². The molecular weight excluding hydrogens is 415 g/mol. The van der Waals surface area contributed by atoms with Gasteiger partial charge in [0.2, 0.25) is 5.13 Å². The Morgan fingerprint density at radius 2 is 1.84 bits per heavy atom. The fourth-order valence-electron chi connectivity index (χ4n) is 2.17. The minimum Gasteiger partial charge on any atom is -0.253 e. The maximum absolute atomic E-state index is 13.1. The van der Waals surface area contributed by atoms with Gasteiger partial charge in [-0.05, 0) is 6.07 Å². The number of nitrogens with zero attached hydrogens (tertiary/aromatic N) is 2. The van der Waals surface area contributed by atoms with Crippen LogP contribution >= 0.6 is 27.3 Å². The zero-order valence-electron chi connectivity index (χ0n) is 12.6. The summed E-state index contributed by atoms with van der Waals surface area (Å²) in [6.07, 6.45) is -3.33. The van der Waals surface area contributed by atoms with E-state index < -0.39 is 11.7 Å². The third-order valence-electron chi connectivity index (χ3n) is 3.27. The lowest BCUT2D eigenvalue weighted by atomic mass is 10.1. The van der Waals surface area contributed by atoms with Crippen molar-refractivity contribution >= 4 is 38.6 Å². The van der Waals surface area contributed by atoms with E-state index in [1.54, 1.807) is 0 Å². The van der Waals surface area contributed by atoms with E-state index in [0.717, 1.165) is 17.5 Å². The third kappa shape index (κ3) is 4.26. The van der Waals surface area contributed by atoms with Crippen LogP contribution in [-0.2, 0) is 6.18 Å². The van der Waals surface area contributed by atoms with Gasteiger partial charge in [-0.15, -0.1) is 11.3 Å². The number of hydrogen-bond acceptors (Lipinski definition) is 4. The van der Waals surface area contributed by atoms with Crippen LogP contribution in [0.1, 0.15) is 11.1 Å². The highest BCUT2D eigenvalue weighted by molar-refractivity contribution is 9.10. The predicted octanol–water partition coefficient (Wildman–Crippen LogP) is 6.04. The molecule has 0 aliphatic rings. The van der Waals surface area contributed by atoms with Crippen LogP contribution in [0.3, 0.4) is 0 Å². The Hall–Kier alpha value is -2.19. The summed E-state index contributed by atoms with van der Waals surface area (Å²) < 4.78 is 39.4. The van der Waals surface area contributed by atoms with Crippen molar-refractivity contribution in [3.05, 3.63) is 69.5 Å². The van der Waals surface area contributed by atoms with E-state index in [9.17, 15) is 13.2 Å². The lowest BCUT2D eigenvalue weighted by Crippen LogP contribution is -2.10. The fraction of sp³-hybridized carbons (Fsp3) is 0.0588. The predicted molar refractivity (Wildman–Crippen MR) is 97.9 cm³/mol. The van der Waals surface area contributed by atoms with E-state index in [1.165, 1.54) is 29.5 Å². The zero-order valence-corrected chi connectivity index (χ0v) is 15.0. The molecule has 3 aromatic rings. The molecule has 0 aliphatic heterocycles. The summed E-state index contributed by atoms with van der Waals surface area (Å²) in [5, 5.41) is 6.24. The van der Waals surface area contributed by atoms with Crippen molar-refractivity contribution in [1.82, 2.24) is 4.98 Å². The van der Waals surface area contributed by atoms with Crippen LogP contribution in [0, 0.1) is 0 Å². The summed E-state index contributed by atoms with van der Waals surface area (Å²) in [5.41, 5.74) is 3.62. The van der Waals surface area contributed by atoms with E-state index in [2.05, 4.69) is 31.4 Å². The van der Waals surface area contributed by atoms with Gasteiger partial charge in [-0.2, -0.15) is 18.3 Å². The van der Waals surface area contributed by atoms with Gasteiger partial charge in [0.25, 0.3) is 0 Å². The summed E-state index contributed by atoms with van der Waals surface area (Å²) in [7, 11) is 0. The number of hydrazone groups is 1. The zero-order chi connectivity index (χ0) is 17.9. The molecule has 0 atom stereocenters. The molecule has 8 heteroatoms. The largest absolute Gasteiger partial charge is 0.418 e. The van der Waals surface area contributed by atoms with E-state index in [0.29, 0.717) is 5.13 Å². The average Bonchev–Trinajstić information content (AvgIpc) is 3.03. The number of thiazole rings is 1. The van der Waals surface area contributed by atoms with Gasteiger partial charge in [-0.1, -0.05) is 58.4 Å². The number of aromatic nitrogens is 1. The Balaban J connectivity index is 1.77. The molecule has 2 aromatic carbocycles. The highest BCUT2D eigenvalue weighted by Gasteiger charge is 2.35. The van der Waals surface area contributed by atoms with Crippen molar-refractivity contribution in [1.29, 1.82) is 0 Å². The van der Waals surface area contributed by atoms with Crippen LogP contribution in [-0.4, -0.2) is 11.2 Å². The van der Waals surface area contributed by atoms with Crippen LogP contribution in [0.4, 0.5) is 18.3 Å². The van der Waals surface area contributed by atoms with E-state index in [1.807, 2.05) is 35.7 Å². The van der Waals surface area contributed by atoms with Crippen molar-refractivity contribution in [2.24, 2.45) is 5.10 Å². The Labute approximate surface area is 154 Å². The topological polar surface area (TPSA) is 37.3 Å². The van der Waals surface area contributed by atoms with Crippen molar-refractivity contribution in [2.75, 3.05) is 5.43 Å². The standard InChI is InChI=1S/C17H11BrF3N3S/c18-13-8-4-7-12(15(13)17(19,20)21)9-22-24-16-23-14(10-25-16)11-5-2-1-3-6-11/h1-10H,(H,23,24). The molecule has 0 spiro atoms. The fourth-order valence-corrected chi connectivity index (χ4v) is 3.45. The van der Waals surface area contributed by atoms with Crippen LogP contribution in [0.15, 0.2) is 63.5 Å². The SMILES string of the molecule is FC(F)(F)c1c(Br)cccc1C=NNc1nc(-c2ccccc2)cs1. The molecule has 1 N–H and O–H groups in total. The number of benzene rings is 2. The van der Waals surface area contributed by atoms with Crippen molar-refractivity contribution in [2.45, 2.75) is 6.18 Å². The van der Waals surface area contributed by atoms with Gasteiger partial charge >= 0.3 is 6.18 Å². The Morgan fingerprint density at radius 1 is 1.08 bits per heavy atom. The highest BCUT2D eigenvalue weighted by atomic mass is 79.9. The number of halogens is 4. The second-order valence-electron chi connectivity index (χ2n) is 4.98. The second-order valence-corrected chi connectivity index (χ2v) is 6.69. The van der Waals surface area contributed by atoms with Gasteiger partial charge in [0, 0.05) is 21.0 Å². The van der Waals surface area contributed by atoms with E-state index in [-0.39, 0.29) is 10.0 Å². The number of nitrogens with one attached hydrogen (secondary N) is 1. The number of rotatable bonds is 4. The minimum atomic E-state index is -4.47. The second kappa shape index (κ2) is 7.37. The molecule has 3 rings (SSSR count). The first kappa shape index (κ1) is 17.6. The molecule has 0 amide bonds. The van der Waals surface area contributed by atoms with Gasteiger partial charge in [0.05, 0.1) is 17.5 Å². The maximum atomic E-state index is 13.1. The first-order valence-corrected chi connectivity index (χ1v) is 8.78. The van der Waals surface area contributed by atoms with Crippen LogP contribution in [0.2, 0.25) is 0 Å². The summed E-state index contributed by atoms with van der Waals surface area (Å²) in [6, 6.07) is 13.8. The quantitative estimate of drug-likeness (QED) is 0.408. The van der Waals surface area contributed by atoms with Gasteiger partial charge in [-0.3, -0.25) is 5.43 Å². The molecule has 3 nitrogen and oxygen atoms in total. The summed E-state index contributed by atoms with van der Waals surface area (Å²) >= 11 is 4.26. The Morgan fingerprint density at radius 3 is 2.56 bits per heavy atom. The average molecular weight is 426 g/mol. The number of anilines is 1. The van der Waals surface area contributed by atoms with Gasteiger partial charge < -0.3 is 0 Å². The molecule has 0 unspecified atom stereocenters. The van der Waals surface area contributed by atoms with Crippen molar-refractivity contribution in [3.63, 3.8) is 0 Å². The summed E-state index contributed by atoms with van der Waals surface area (Å²) in [5.74, 6) is 0. The first-order valence-electron chi connectivity index (χ1n) is 7.11. The van der Waals surface area contributed by atoms with E-state index in [4.69, 9.17) is 0 Å². The molecule has 0 fully saturated rings. The molecule has 0 saturated carbocycles. The first-order chi connectivity index (χ1) is 11.9. The van der Waals surface area contributed by atoms with Gasteiger partial charge in [-0.25, -0.2) is 4.98 Å². The normalized spacial score (nSPS) is 11.8. The Kier molecular flexibility index (Phi) is 5.19. The molecule has 1 heterocycles. The number of alkyl halides is 3. The summed E-state index contributed by atoms with van der Waals surface area (Å²) in [6.45, 7) is 0. The molecule has 25 heavy (non-hydrogen) atoms. The monoisotopic (exact) mass is 425 g/mol. The van der Waals surface area contributed by atoms with Crippen molar-refractivity contribution in [3.8, 4) is 11.3 Å². The molecule has 128 valence electrons. The minimum absolute atomic E-state index is 0.0236. The lowest BCUT2D eigenvalue weighted by Gasteiger charge is -2.11. The van der Waals surface area contributed by atoms with Gasteiger partial charge in [0.15, 0.2) is 0 Å². The van der Waals surface area contributed by atoms with Crippen LogP contribution in [0.25, 0.3) is 11.3 Å². The lowest BCUT2D eigenvalue weighted by molar-refractivity contribution is -0.138. The molecule has 1 aromatic heterocycles. The molecule has 0 radical (unpaired) electrons. The molecular formula is C17H11BrF3N3S. The highest BCUT2D eigenvalue weighted by Crippen LogP contribution is 2.36. The maximum Gasteiger partial charge on any atom is 0.418 e. The van der Waals surface area contributed by atoms with E-state index >= 15 is 0 Å². The van der Waals surface area contributed by atoms with Crippen LogP contribution < -0.4 is 5.43 Å². The molecule has 0 aliphatic carbocycles. The molecule has 0 bridgehead atoms. The number of hydrogen-bond donors (Lipinski definition) is 1. The smallest absolute Gasteiger partial charge is 0.253 e. The molecule has 0 saturated heterocycles. The van der Waals surface area contributed by atoms with Crippen LogP contribution in [0.5, 0.6) is 0 Å².